The van der Waals surface area contributed by atoms with E-state index in [1.807, 2.05) is 30.3 Å². The summed E-state index contributed by atoms with van der Waals surface area (Å²) in [5.74, 6) is -4.34. The number of rotatable bonds is 9. The highest BCUT2D eigenvalue weighted by Crippen LogP contribution is 2.37. The maximum Gasteiger partial charge on any atom is 0.410 e. The van der Waals surface area contributed by atoms with Crippen molar-refractivity contribution in [2.75, 3.05) is 13.1 Å². The molecule has 1 atom stereocenters. The number of Topliss-reactive ketones (excluding diaryl/α,β-unsaturated/α-hetero) is 2. The Hall–Kier alpha value is -3.16. The number of amides is 1. The lowest BCUT2D eigenvalue weighted by molar-refractivity contribution is -0.107. The SMILES string of the molecule is CCC(=O)c1cc(C(=O)CCCC2CN(C(=O)OC(C)(C)C)CCC2(F)F)cc(Cc2ccccc2)n1. The molecule has 37 heavy (non-hydrogen) atoms. The van der Waals surface area contributed by atoms with Gasteiger partial charge in [-0.15, -0.1) is 0 Å². The molecule has 1 aliphatic rings. The smallest absolute Gasteiger partial charge is 0.410 e. The van der Waals surface area contributed by atoms with E-state index in [0.29, 0.717) is 17.7 Å². The van der Waals surface area contributed by atoms with Crippen LogP contribution in [-0.4, -0.2) is 52.2 Å². The number of ether oxygens (including phenoxy) is 1. The molecule has 200 valence electrons. The number of ketones is 2. The fraction of sp³-hybridized carbons (Fsp3) is 0.517. The number of piperidine rings is 1. The molecule has 1 aromatic carbocycles. The Balaban J connectivity index is 1.67. The summed E-state index contributed by atoms with van der Waals surface area (Å²) in [5, 5.41) is 0. The van der Waals surface area contributed by atoms with Crippen LogP contribution in [0, 0.1) is 5.92 Å². The number of nitrogens with zero attached hydrogens (tertiary/aromatic N) is 2. The van der Waals surface area contributed by atoms with Gasteiger partial charge >= 0.3 is 6.09 Å². The van der Waals surface area contributed by atoms with E-state index in [9.17, 15) is 23.2 Å². The summed E-state index contributed by atoms with van der Waals surface area (Å²) in [7, 11) is 0. The van der Waals surface area contributed by atoms with Crippen LogP contribution in [0.3, 0.4) is 0 Å². The molecule has 2 heterocycles. The van der Waals surface area contributed by atoms with Gasteiger partial charge < -0.3 is 9.64 Å². The zero-order valence-corrected chi connectivity index (χ0v) is 22.1. The van der Waals surface area contributed by atoms with Crippen LogP contribution < -0.4 is 0 Å². The summed E-state index contributed by atoms with van der Waals surface area (Å²) < 4.78 is 34.6. The summed E-state index contributed by atoms with van der Waals surface area (Å²) in [4.78, 5) is 43.6. The van der Waals surface area contributed by atoms with Gasteiger partial charge in [-0.1, -0.05) is 37.3 Å². The van der Waals surface area contributed by atoms with Crippen molar-refractivity contribution in [3.8, 4) is 0 Å². The van der Waals surface area contributed by atoms with Crippen molar-refractivity contribution in [2.24, 2.45) is 5.92 Å². The van der Waals surface area contributed by atoms with Crippen LogP contribution in [0.4, 0.5) is 13.6 Å². The van der Waals surface area contributed by atoms with Crippen LogP contribution in [0.15, 0.2) is 42.5 Å². The highest BCUT2D eigenvalue weighted by atomic mass is 19.3. The van der Waals surface area contributed by atoms with E-state index in [0.717, 1.165) is 5.56 Å². The Bertz CT molecular complexity index is 1110. The maximum absolute atomic E-state index is 14.6. The number of carbonyl (C=O) groups excluding carboxylic acids is 3. The van der Waals surface area contributed by atoms with Crippen molar-refractivity contribution in [3.05, 3.63) is 65.0 Å². The van der Waals surface area contributed by atoms with Crippen LogP contribution in [0.1, 0.15) is 91.9 Å². The highest BCUT2D eigenvalue weighted by molar-refractivity contribution is 6.00. The Morgan fingerprint density at radius 2 is 1.81 bits per heavy atom. The van der Waals surface area contributed by atoms with Crippen LogP contribution in [0.25, 0.3) is 0 Å². The fourth-order valence-electron chi connectivity index (χ4n) is 4.40. The normalized spacial score (nSPS) is 17.4. The molecule has 1 aliphatic heterocycles. The van der Waals surface area contributed by atoms with Crippen LogP contribution in [-0.2, 0) is 11.2 Å². The quantitative estimate of drug-likeness (QED) is 0.357. The molecule has 0 radical (unpaired) electrons. The van der Waals surface area contributed by atoms with Gasteiger partial charge in [0, 0.05) is 55.9 Å². The lowest BCUT2D eigenvalue weighted by Gasteiger charge is -2.38. The van der Waals surface area contributed by atoms with Gasteiger partial charge in [-0.05, 0) is 51.3 Å². The third-order valence-electron chi connectivity index (χ3n) is 6.40. The molecule has 8 heteroatoms. The molecule has 1 unspecified atom stereocenters. The third kappa shape index (κ3) is 8.17. The second-order valence-corrected chi connectivity index (χ2v) is 10.6. The molecule has 6 nitrogen and oxygen atoms in total. The number of likely N-dealkylation sites (tertiary alicyclic amines) is 1. The molecular weight excluding hydrogens is 478 g/mol. The van der Waals surface area contributed by atoms with Crippen molar-refractivity contribution in [1.82, 2.24) is 9.88 Å². The summed E-state index contributed by atoms with van der Waals surface area (Å²) in [6, 6.07) is 12.8. The second kappa shape index (κ2) is 11.9. The lowest BCUT2D eigenvalue weighted by Crippen LogP contribution is -2.50. The maximum atomic E-state index is 14.6. The van der Waals surface area contributed by atoms with E-state index >= 15 is 0 Å². The minimum Gasteiger partial charge on any atom is -0.444 e. The van der Waals surface area contributed by atoms with Crippen LogP contribution in [0.5, 0.6) is 0 Å². The average Bonchev–Trinajstić information content (AvgIpc) is 2.83. The van der Waals surface area contributed by atoms with Gasteiger partial charge in [0.15, 0.2) is 11.6 Å². The topological polar surface area (TPSA) is 76.6 Å². The average molecular weight is 515 g/mol. The standard InChI is InChI=1S/C29H36F2N2O4/c1-5-25(34)24-18-21(17-23(32-24)16-20-10-7-6-8-11-20)26(35)13-9-12-22-19-33(15-14-29(22,30)31)27(36)37-28(2,3)4/h6-8,10-11,17-18,22H,5,9,12-16,19H2,1-4H3. The molecule has 0 N–H and O–H groups in total. The summed E-state index contributed by atoms with van der Waals surface area (Å²) in [5.41, 5.74) is 1.51. The number of halogens is 2. The van der Waals surface area contributed by atoms with Gasteiger partial charge in [0.1, 0.15) is 11.3 Å². The Morgan fingerprint density at radius 1 is 1.11 bits per heavy atom. The van der Waals surface area contributed by atoms with E-state index in [1.54, 1.807) is 33.8 Å². The van der Waals surface area contributed by atoms with Gasteiger partial charge in [-0.2, -0.15) is 0 Å². The zero-order chi connectivity index (χ0) is 27.2. The molecule has 0 spiro atoms. The van der Waals surface area contributed by atoms with Crippen molar-refractivity contribution in [3.63, 3.8) is 0 Å². The van der Waals surface area contributed by atoms with E-state index in [2.05, 4.69) is 4.98 Å². The molecular formula is C29H36F2N2O4. The summed E-state index contributed by atoms with van der Waals surface area (Å²) in [6.45, 7) is 6.76. The summed E-state index contributed by atoms with van der Waals surface area (Å²) >= 11 is 0. The minimum atomic E-state index is -2.91. The van der Waals surface area contributed by atoms with Gasteiger partial charge in [-0.25, -0.2) is 18.6 Å². The van der Waals surface area contributed by atoms with E-state index < -0.39 is 30.0 Å². The third-order valence-corrected chi connectivity index (χ3v) is 6.40. The van der Waals surface area contributed by atoms with Gasteiger partial charge in [0.2, 0.25) is 0 Å². The molecule has 0 bridgehead atoms. The number of benzene rings is 1. The highest BCUT2D eigenvalue weighted by Gasteiger charge is 2.45. The van der Waals surface area contributed by atoms with Crippen LogP contribution >= 0.6 is 0 Å². The van der Waals surface area contributed by atoms with Crippen molar-refractivity contribution in [1.29, 1.82) is 0 Å². The Morgan fingerprint density at radius 3 is 2.46 bits per heavy atom. The molecule has 2 aromatic rings. The second-order valence-electron chi connectivity index (χ2n) is 10.6. The van der Waals surface area contributed by atoms with E-state index in [4.69, 9.17) is 4.74 Å². The molecule has 0 saturated carbocycles. The summed E-state index contributed by atoms with van der Waals surface area (Å²) in [6.07, 6.45) is 0.116. The monoisotopic (exact) mass is 514 g/mol. The van der Waals surface area contributed by atoms with Crippen LogP contribution in [0.2, 0.25) is 0 Å². The fourth-order valence-corrected chi connectivity index (χ4v) is 4.40. The number of pyridine rings is 1. The molecule has 1 aromatic heterocycles. The first-order valence-electron chi connectivity index (χ1n) is 12.8. The predicted molar refractivity (Wildman–Crippen MR) is 137 cm³/mol. The lowest BCUT2D eigenvalue weighted by atomic mass is 9.88. The van der Waals surface area contributed by atoms with Crippen molar-refractivity contribution in [2.45, 2.75) is 77.7 Å². The minimum absolute atomic E-state index is 0.0627. The molecule has 3 rings (SSSR count). The number of carbonyl (C=O) groups is 3. The number of aromatic nitrogens is 1. The number of hydrogen-bond acceptors (Lipinski definition) is 5. The predicted octanol–water partition coefficient (Wildman–Crippen LogP) is 6.51. The van der Waals surface area contributed by atoms with E-state index in [1.165, 1.54) is 11.0 Å². The van der Waals surface area contributed by atoms with Gasteiger partial charge in [0.05, 0.1) is 0 Å². The molecule has 1 amide bonds. The van der Waals surface area contributed by atoms with Gasteiger partial charge in [-0.3, -0.25) is 9.59 Å². The first-order chi connectivity index (χ1) is 17.4. The van der Waals surface area contributed by atoms with Gasteiger partial charge in [0.25, 0.3) is 5.92 Å². The first-order valence-corrected chi connectivity index (χ1v) is 12.8. The number of hydrogen-bond donors (Lipinski definition) is 0. The Labute approximate surface area is 217 Å². The molecule has 1 saturated heterocycles. The molecule has 0 aliphatic carbocycles. The zero-order valence-electron chi connectivity index (χ0n) is 22.1. The number of alkyl halides is 2. The first kappa shape index (κ1) is 28.4. The van der Waals surface area contributed by atoms with Crippen molar-refractivity contribution < 1.29 is 27.9 Å². The molecule has 1 fully saturated rings. The Kier molecular flexibility index (Phi) is 9.16. The largest absolute Gasteiger partial charge is 0.444 e. The van der Waals surface area contributed by atoms with E-state index in [-0.39, 0.29) is 56.0 Å². The van der Waals surface area contributed by atoms with Crippen molar-refractivity contribution >= 4 is 17.7 Å².